The molecule has 5 nitrogen and oxygen atoms in total. The summed E-state index contributed by atoms with van der Waals surface area (Å²) in [5.74, 6) is 0.160. The quantitative estimate of drug-likeness (QED) is 0.598. The Labute approximate surface area is 140 Å². The van der Waals surface area contributed by atoms with Crippen molar-refractivity contribution < 1.29 is 14.7 Å². The molecule has 1 aromatic rings. The first-order valence-corrected chi connectivity index (χ1v) is 8.69. The van der Waals surface area contributed by atoms with Gasteiger partial charge in [-0.2, -0.15) is 24.4 Å². The summed E-state index contributed by atoms with van der Waals surface area (Å²) in [5, 5.41) is 11.6. The number of benzene rings is 1. The number of thiol groups is 1. The molecule has 1 atom stereocenters. The van der Waals surface area contributed by atoms with E-state index in [1.54, 1.807) is 0 Å². The van der Waals surface area contributed by atoms with Gasteiger partial charge in [0.25, 0.3) is 0 Å². The Bertz CT molecular complexity index is 492. The van der Waals surface area contributed by atoms with E-state index in [1.807, 2.05) is 43.3 Å². The van der Waals surface area contributed by atoms with Crippen molar-refractivity contribution in [3.63, 3.8) is 0 Å². The van der Waals surface area contributed by atoms with Gasteiger partial charge in [0.15, 0.2) is 0 Å². The van der Waals surface area contributed by atoms with Gasteiger partial charge < -0.3 is 15.3 Å². The number of carbonyl (C=O) groups is 2. The Balaban J connectivity index is 2.45. The second-order valence-corrected chi connectivity index (χ2v) is 6.49. The highest BCUT2D eigenvalue weighted by Crippen LogP contribution is 2.17. The van der Waals surface area contributed by atoms with Crippen LogP contribution in [0.15, 0.2) is 24.3 Å². The van der Waals surface area contributed by atoms with E-state index in [1.165, 1.54) is 11.8 Å². The molecule has 1 aromatic carbocycles. The third-order valence-corrected chi connectivity index (χ3v) is 4.31. The molecule has 7 heteroatoms. The van der Waals surface area contributed by atoms with Crippen molar-refractivity contribution in [2.24, 2.45) is 0 Å². The summed E-state index contributed by atoms with van der Waals surface area (Å²) < 4.78 is 0. The average Bonchev–Trinajstić information content (AvgIpc) is 2.46. The topological polar surface area (TPSA) is 69.6 Å². The standard InChI is InChI=1S/C15H22N2O3S2/c1-17(2)12-5-3-11(4-6-12)9-22-10-13(15(19)20)16-14(18)7-8-21/h3-6,13,21H,7-10H2,1-2H3,(H,16,18)(H,19,20)/t13-/m0/s1. The maximum atomic E-state index is 11.5. The van der Waals surface area contributed by atoms with Crippen LogP contribution in [0.3, 0.4) is 0 Å². The van der Waals surface area contributed by atoms with Gasteiger partial charge in [0.1, 0.15) is 6.04 Å². The molecule has 0 saturated heterocycles. The van der Waals surface area contributed by atoms with E-state index in [-0.39, 0.29) is 12.3 Å². The van der Waals surface area contributed by atoms with Crippen molar-refractivity contribution >= 4 is 42.0 Å². The van der Waals surface area contributed by atoms with E-state index in [4.69, 9.17) is 5.11 Å². The van der Waals surface area contributed by atoms with Crippen LogP contribution in [0, 0.1) is 0 Å². The first-order valence-electron chi connectivity index (χ1n) is 6.91. The second kappa shape index (κ2) is 9.63. The van der Waals surface area contributed by atoms with Gasteiger partial charge in [-0.05, 0) is 23.4 Å². The van der Waals surface area contributed by atoms with Gasteiger partial charge in [-0.25, -0.2) is 4.79 Å². The fourth-order valence-electron chi connectivity index (χ4n) is 1.73. The van der Waals surface area contributed by atoms with Gasteiger partial charge >= 0.3 is 5.97 Å². The van der Waals surface area contributed by atoms with E-state index < -0.39 is 12.0 Å². The second-order valence-electron chi connectivity index (χ2n) is 5.01. The van der Waals surface area contributed by atoms with Crippen molar-refractivity contribution in [3.8, 4) is 0 Å². The van der Waals surface area contributed by atoms with Gasteiger partial charge in [0.05, 0.1) is 0 Å². The fourth-order valence-corrected chi connectivity index (χ4v) is 2.94. The summed E-state index contributed by atoms with van der Waals surface area (Å²) >= 11 is 5.45. The molecule has 0 saturated carbocycles. The lowest BCUT2D eigenvalue weighted by atomic mass is 10.2. The Morgan fingerprint density at radius 1 is 1.32 bits per heavy atom. The molecule has 0 bridgehead atoms. The van der Waals surface area contributed by atoms with Gasteiger partial charge in [-0.15, -0.1) is 0 Å². The third kappa shape index (κ3) is 6.62. The number of hydrogen-bond acceptors (Lipinski definition) is 5. The van der Waals surface area contributed by atoms with Crippen molar-refractivity contribution in [2.45, 2.75) is 18.2 Å². The molecule has 22 heavy (non-hydrogen) atoms. The minimum Gasteiger partial charge on any atom is -0.480 e. The van der Waals surface area contributed by atoms with E-state index in [2.05, 4.69) is 17.9 Å². The molecule has 1 rings (SSSR count). The molecule has 0 spiro atoms. The maximum absolute atomic E-state index is 11.5. The highest BCUT2D eigenvalue weighted by Gasteiger charge is 2.19. The first kappa shape index (κ1) is 18.7. The number of aliphatic carboxylic acids is 1. The van der Waals surface area contributed by atoms with E-state index in [9.17, 15) is 9.59 Å². The zero-order valence-electron chi connectivity index (χ0n) is 12.8. The number of rotatable bonds is 9. The number of thioether (sulfide) groups is 1. The molecule has 1 amide bonds. The van der Waals surface area contributed by atoms with Crippen LogP contribution in [0.2, 0.25) is 0 Å². The average molecular weight is 342 g/mol. The van der Waals surface area contributed by atoms with Crippen LogP contribution in [0.5, 0.6) is 0 Å². The minimum absolute atomic E-state index is 0.226. The largest absolute Gasteiger partial charge is 0.480 e. The number of anilines is 1. The molecule has 0 heterocycles. The molecule has 122 valence electrons. The molecule has 0 aliphatic carbocycles. The maximum Gasteiger partial charge on any atom is 0.327 e. The Hall–Kier alpha value is -1.34. The Morgan fingerprint density at radius 2 is 1.95 bits per heavy atom. The minimum atomic E-state index is -1.01. The lowest BCUT2D eigenvalue weighted by Crippen LogP contribution is -2.42. The number of carboxylic acid groups (broad SMARTS) is 1. The zero-order valence-corrected chi connectivity index (χ0v) is 14.5. The van der Waals surface area contributed by atoms with Crippen LogP contribution in [0.1, 0.15) is 12.0 Å². The molecule has 0 aromatic heterocycles. The number of nitrogens with one attached hydrogen (secondary N) is 1. The van der Waals surface area contributed by atoms with Crippen LogP contribution in [0.4, 0.5) is 5.69 Å². The number of amides is 1. The van der Waals surface area contributed by atoms with Gasteiger partial charge in [-0.3, -0.25) is 4.79 Å². The van der Waals surface area contributed by atoms with Crippen molar-refractivity contribution in [2.75, 3.05) is 30.5 Å². The summed E-state index contributed by atoms with van der Waals surface area (Å²) in [5.41, 5.74) is 2.25. The molecule has 0 fully saturated rings. The van der Waals surface area contributed by atoms with Crippen molar-refractivity contribution in [3.05, 3.63) is 29.8 Å². The summed E-state index contributed by atoms with van der Waals surface area (Å²) in [6, 6.07) is 7.24. The van der Waals surface area contributed by atoms with Crippen LogP contribution in [0.25, 0.3) is 0 Å². The monoisotopic (exact) mass is 342 g/mol. The summed E-state index contributed by atoms with van der Waals surface area (Å²) in [4.78, 5) is 24.6. The normalized spacial score (nSPS) is 11.8. The van der Waals surface area contributed by atoms with Crippen LogP contribution >= 0.6 is 24.4 Å². The number of hydrogen-bond donors (Lipinski definition) is 3. The van der Waals surface area contributed by atoms with Crippen molar-refractivity contribution in [1.82, 2.24) is 5.32 Å². The van der Waals surface area contributed by atoms with Gasteiger partial charge in [0.2, 0.25) is 5.91 Å². The lowest BCUT2D eigenvalue weighted by Gasteiger charge is -2.15. The summed E-state index contributed by atoms with van der Waals surface area (Å²) in [6.07, 6.45) is 0.226. The van der Waals surface area contributed by atoms with Gasteiger partial charge in [0, 0.05) is 37.7 Å². The predicted octanol–water partition coefficient (Wildman–Crippen LogP) is 1.88. The molecular formula is C15H22N2O3S2. The van der Waals surface area contributed by atoms with Crippen LogP contribution in [-0.4, -0.2) is 48.6 Å². The molecule has 0 unspecified atom stereocenters. The predicted molar refractivity (Wildman–Crippen MR) is 95.0 cm³/mol. The highest BCUT2D eigenvalue weighted by molar-refractivity contribution is 7.98. The molecule has 0 aliphatic rings. The first-order chi connectivity index (χ1) is 10.4. The molecule has 0 aliphatic heterocycles. The van der Waals surface area contributed by atoms with E-state index in [0.29, 0.717) is 17.3 Å². The lowest BCUT2D eigenvalue weighted by molar-refractivity contribution is -0.141. The number of carbonyl (C=O) groups excluding carboxylic acids is 1. The summed E-state index contributed by atoms with van der Waals surface area (Å²) in [7, 11) is 3.96. The number of nitrogens with zero attached hydrogens (tertiary/aromatic N) is 1. The SMILES string of the molecule is CN(C)c1ccc(CSC[C@H](NC(=O)CCS)C(=O)O)cc1. The molecular weight excluding hydrogens is 320 g/mol. The smallest absolute Gasteiger partial charge is 0.327 e. The Kier molecular flexibility index (Phi) is 8.19. The number of carboxylic acids is 1. The van der Waals surface area contributed by atoms with E-state index in [0.717, 1.165) is 11.3 Å². The third-order valence-electron chi connectivity index (χ3n) is 2.98. The van der Waals surface area contributed by atoms with Crippen LogP contribution in [-0.2, 0) is 15.3 Å². The van der Waals surface area contributed by atoms with E-state index >= 15 is 0 Å². The molecule has 2 N–H and O–H groups in total. The molecule has 0 radical (unpaired) electrons. The fraction of sp³-hybridized carbons (Fsp3) is 0.467. The van der Waals surface area contributed by atoms with Gasteiger partial charge in [-0.1, -0.05) is 12.1 Å². The van der Waals surface area contributed by atoms with Crippen molar-refractivity contribution in [1.29, 1.82) is 0 Å². The summed E-state index contributed by atoms with van der Waals surface area (Å²) in [6.45, 7) is 0. The highest BCUT2D eigenvalue weighted by atomic mass is 32.2. The zero-order chi connectivity index (χ0) is 16.5. The van der Waals surface area contributed by atoms with Crippen LogP contribution < -0.4 is 10.2 Å². The Morgan fingerprint density at radius 3 is 2.45 bits per heavy atom.